The van der Waals surface area contributed by atoms with E-state index in [0.717, 1.165) is 17.1 Å². The summed E-state index contributed by atoms with van der Waals surface area (Å²) in [5.74, 6) is 2.02. The van der Waals surface area contributed by atoms with Crippen molar-refractivity contribution < 1.29 is 0 Å². The Balaban J connectivity index is 1.86. The Hall–Kier alpha value is -1.74. The van der Waals surface area contributed by atoms with Gasteiger partial charge in [0.25, 0.3) is 0 Å². The zero-order valence-corrected chi connectivity index (χ0v) is 11.9. The highest BCUT2D eigenvalue weighted by Crippen LogP contribution is 2.26. The smallest absolute Gasteiger partial charge is 0.120 e. The summed E-state index contributed by atoms with van der Waals surface area (Å²) < 4.78 is 2.18. The van der Waals surface area contributed by atoms with Crippen LogP contribution < -0.4 is 0 Å². The molecule has 0 fully saturated rings. The van der Waals surface area contributed by atoms with Crippen LogP contribution in [0.3, 0.4) is 0 Å². The molecule has 0 saturated heterocycles. The monoisotopic (exact) mass is 268 g/mol. The minimum atomic E-state index is 0.899. The predicted molar refractivity (Wildman–Crippen MR) is 81.5 cm³/mol. The van der Waals surface area contributed by atoms with Crippen LogP contribution in [0.5, 0.6) is 0 Å². The molecular weight excluding hydrogens is 252 g/mol. The lowest BCUT2D eigenvalue weighted by Crippen LogP contribution is -1.95. The van der Waals surface area contributed by atoms with Crippen LogP contribution in [-0.2, 0) is 12.8 Å². The van der Waals surface area contributed by atoms with E-state index in [1.807, 2.05) is 17.8 Å². The highest BCUT2D eigenvalue weighted by Gasteiger charge is 2.07. The van der Waals surface area contributed by atoms with Crippen LogP contribution in [0.2, 0.25) is 0 Å². The second-order valence-corrected chi connectivity index (χ2v) is 5.65. The molecule has 3 rings (SSSR count). The topological polar surface area (TPSA) is 17.8 Å². The zero-order chi connectivity index (χ0) is 13.2. The fourth-order valence-electron chi connectivity index (χ4n) is 2.19. The molecule has 0 amide bonds. The molecule has 19 heavy (non-hydrogen) atoms. The molecule has 1 aromatic heterocycles. The van der Waals surface area contributed by atoms with Crippen LogP contribution in [0.1, 0.15) is 11.4 Å². The van der Waals surface area contributed by atoms with Crippen LogP contribution >= 0.6 is 11.8 Å². The minimum Gasteiger partial charge on any atom is -0.330 e. The molecule has 0 aliphatic carbocycles. The molecule has 0 unspecified atom stereocenters. The summed E-state index contributed by atoms with van der Waals surface area (Å²) in [4.78, 5) is 6.03. The number of imidazole rings is 1. The second-order valence-electron chi connectivity index (χ2n) is 4.63. The van der Waals surface area contributed by atoms with Gasteiger partial charge >= 0.3 is 0 Å². The van der Waals surface area contributed by atoms with Crippen molar-refractivity contribution in [3.8, 4) is 0 Å². The summed E-state index contributed by atoms with van der Waals surface area (Å²) in [6, 6.07) is 16.8. The highest BCUT2D eigenvalue weighted by atomic mass is 32.2. The SMILES string of the molecule is Cc1ccccc1SCc1nc2ccccc2n1C. The average Bonchev–Trinajstić information content (AvgIpc) is 2.75. The van der Waals surface area contributed by atoms with E-state index in [0.29, 0.717) is 0 Å². The van der Waals surface area contributed by atoms with Gasteiger partial charge in [0.05, 0.1) is 16.8 Å². The zero-order valence-electron chi connectivity index (χ0n) is 11.1. The fraction of sp³-hybridized carbons (Fsp3) is 0.188. The number of fused-ring (bicyclic) bond motifs is 1. The standard InChI is InChI=1S/C16H16N2S/c1-12-7-3-6-10-15(12)19-11-16-17-13-8-4-5-9-14(13)18(16)2/h3-10H,11H2,1-2H3. The van der Waals surface area contributed by atoms with Gasteiger partial charge in [-0.1, -0.05) is 30.3 Å². The summed E-state index contributed by atoms with van der Waals surface area (Å²) >= 11 is 1.85. The first-order valence-corrected chi connectivity index (χ1v) is 7.33. The Bertz CT molecular complexity index is 716. The molecule has 2 nitrogen and oxygen atoms in total. The molecular formula is C16H16N2S. The van der Waals surface area contributed by atoms with Crippen molar-refractivity contribution in [1.82, 2.24) is 9.55 Å². The maximum Gasteiger partial charge on any atom is 0.120 e. The van der Waals surface area contributed by atoms with Gasteiger partial charge in [0.15, 0.2) is 0 Å². The number of aryl methyl sites for hydroxylation is 2. The number of para-hydroxylation sites is 2. The van der Waals surface area contributed by atoms with Gasteiger partial charge in [0.2, 0.25) is 0 Å². The summed E-state index contributed by atoms with van der Waals surface area (Å²) in [6.07, 6.45) is 0. The first-order chi connectivity index (χ1) is 9.25. The molecule has 0 bridgehead atoms. The summed E-state index contributed by atoms with van der Waals surface area (Å²) in [7, 11) is 2.09. The van der Waals surface area contributed by atoms with E-state index in [2.05, 4.69) is 61.0 Å². The number of thioether (sulfide) groups is 1. The number of nitrogens with zero attached hydrogens (tertiary/aromatic N) is 2. The van der Waals surface area contributed by atoms with Gasteiger partial charge in [0.1, 0.15) is 5.82 Å². The summed E-state index contributed by atoms with van der Waals surface area (Å²) in [6.45, 7) is 2.15. The van der Waals surface area contributed by atoms with E-state index in [4.69, 9.17) is 4.98 Å². The molecule has 0 saturated carbocycles. The van der Waals surface area contributed by atoms with Gasteiger partial charge in [-0.2, -0.15) is 0 Å². The van der Waals surface area contributed by atoms with Crippen molar-refractivity contribution in [2.45, 2.75) is 17.6 Å². The van der Waals surface area contributed by atoms with Crippen LogP contribution in [-0.4, -0.2) is 9.55 Å². The Kier molecular flexibility index (Phi) is 3.30. The number of hydrogen-bond acceptors (Lipinski definition) is 2. The summed E-state index contributed by atoms with van der Waals surface area (Å²) in [5.41, 5.74) is 3.60. The molecule has 96 valence electrons. The molecule has 0 atom stereocenters. The second kappa shape index (κ2) is 5.10. The van der Waals surface area contributed by atoms with Gasteiger partial charge in [-0.15, -0.1) is 11.8 Å². The molecule has 0 aliphatic heterocycles. The van der Waals surface area contributed by atoms with Crippen molar-refractivity contribution in [3.63, 3.8) is 0 Å². The first kappa shape index (κ1) is 12.3. The third-order valence-electron chi connectivity index (χ3n) is 3.33. The summed E-state index contributed by atoms with van der Waals surface area (Å²) in [5, 5.41) is 0. The van der Waals surface area contributed by atoms with Crippen LogP contribution in [0.15, 0.2) is 53.4 Å². The normalized spacial score (nSPS) is 11.1. The largest absolute Gasteiger partial charge is 0.330 e. The molecule has 3 heteroatoms. The van der Waals surface area contributed by atoms with E-state index in [1.165, 1.54) is 16.0 Å². The molecule has 1 heterocycles. The molecule has 0 N–H and O–H groups in total. The Labute approximate surface area is 117 Å². The van der Waals surface area contributed by atoms with Crippen molar-refractivity contribution in [2.24, 2.45) is 7.05 Å². The van der Waals surface area contributed by atoms with Crippen molar-refractivity contribution >= 4 is 22.8 Å². The third-order valence-corrected chi connectivity index (χ3v) is 4.50. The van der Waals surface area contributed by atoms with Crippen LogP contribution in [0.25, 0.3) is 11.0 Å². The first-order valence-electron chi connectivity index (χ1n) is 6.34. The highest BCUT2D eigenvalue weighted by molar-refractivity contribution is 7.98. The van der Waals surface area contributed by atoms with Gasteiger partial charge < -0.3 is 4.57 Å². The maximum absolute atomic E-state index is 4.70. The molecule has 0 aliphatic rings. The molecule has 2 aromatic carbocycles. The predicted octanol–water partition coefficient (Wildman–Crippen LogP) is 4.17. The maximum atomic E-state index is 4.70. The number of benzene rings is 2. The lowest BCUT2D eigenvalue weighted by Gasteiger charge is -2.05. The number of rotatable bonds is 3. The Morgan fingerprint density at radius 3 is 2.58 bits per heavy atom. The molecule has 3 aromatic rings. The van der Waals surface area contributed by atoms with Crippen molar-refractivity contribution in [3.05, 3.63) is 59.9 Å². The van der Waals surface area contributed by atoms with Gasteiger partial charge in [-0.05, 0) is 30.7 Å². The van der Waals surface area contributed by atoms with E-state index >= 15 is 0 Å². The van der Waals surface area contributed by atoms with Crippen LogP contribution in [0, 0.1) is 6.92 Å². The number of aromatic nitrogens is 2. The lowest BCUT2D eigenvalue weighted by atomic mass is 10.2. The van der Waals surface area contributed by atoms with Gasteiger partial charge in [-0.25, -0.2) is 4.98 Å². The fourth-order valence-corrected chi connectivity index (χ4v) is 3.20. The van der Waals surface area contributed by atoms with E-state index < -0.39 is 0 Å². The van der Waals surface area contributed by atoms with E-state index in [9.17, 15) is 0 Å². The third kappa shape index (κ3) is 2.38. The Morgan fingerprint density at radius 1 is 1.05 bits per heavy atom. The molecule has 0 spiro atoms. The molecule has 0 radical (unpaired) electrons. The van der Waals surface area contributed by atoms with E-state index in [1.54, 1.807) is 0 Å². The van der Waals surface area contributed by atoms with Crippen LogP contribution in [0.4, 0.5) is 0 Å². The van der Waals surface area contributed by atoms with Crippen molar-refractivity contribution in [1.29, 1.82) is 0 Å². The number of hydrogen-bond donors (Lipinski definition) is 0. The van der Waals surface area contributed by atoms with Gasteiger partial charge in [0, 0.05) is 11.9 Å². The minimum absolute atomic E-state index is 0.899. The quantitative estimate of drug-likeness (QED) is 0.663. The van der Waals surface area contributed by atoms with E-state index in [-0.39, 0.29) is 0 Å². The Morgan fingerprint density at radius 2 is 1.79 bits per heavy atom. The average molecular weight is 268 g/mol. The van der Waals surface area contributed by atoms with Crippen molar-refractivity contribution in [2.75, 3.05) is 0 Å². The van der Waals surface area contributed by atoms with Gasteiger partial charge in [-0.3, -0.25) is 0 Å². The lowest BCUT2D eigenvalue weighted by molar-refractivity contribution is 0.876.